The number of carbonyl (C=O) groups is 13. The Hall–Kier alpha value is -13.0. The SMILES string of the molecule is CC(C)(C)OC(=O)C[C@H](NC(=O)OCC1c2ccccc2-c2ccccc21)C(=O)O.CCC(C)=O.Cc1sc(N)c(C(=O)c2ccc(Cl)cc2)c1C.Cc1sc(NC(=O)[C@@H](N)CC(=O)OC(C)(C)C)c(C(=O)c2ccc(Cl)cc2)c1C.Cc1sc(NC(=O)[C@H](CC(=O)OC(C)(C)C)NC(=O)OCC2c3ccccc3-c3ccccc32)c(C(=O)c2ccc(Cl)cc2)c1C.N#CCC(=O)c1ccc(Cl)cc1. The van der Waals surface area contributed by atoms with E-state index in [1.165, 1.54) is 34.0 Å². The number of rotatable bonds is 26. The number of carbonyl (C=O) groups excluding carboxylic acids is 12. The first-order chi connectivity index (χ1) is 65.4. The molecule has 33 heteroatoms. The number of nitrogens with one attached hydrogen (secondary N) is 4. The van der Waals surface area contributed by atoms with Crippen LogP contribution in [-0.4, -0.2) is 130 Å². The molecule has 3 atom stereocenters. The molecule has 3 aromatic heterocycles. The number of halogens is 4. The number of nitrogen functional groups attached to an aromatic ring is 1. The molecule has 139 heavy (non-hydrogen) atoms. The molecule has 3 heterocycles. The van der Waals surface area contributed by atoms with Gasteiger partial charge in [0.05, 0.1) is 59.5 Å². The zero-order valence-electron chi connectivity index (χ0n) is 79.9. The lowest BCUT2D eigenvalue weighted by Gasteiger charge is -2.23. The molecule has 2 aliphatic rings. The van der Waals surface area contributed by atoms with Crippen LogP contribution in [0, 0.1) is 52.9 Å². The third-order valence-corrected chi connectivity index (χ3v) is 25.5. The van der Waals surface area contributed by atoms with Gasteiger partial charge in [-0.05, 0) is 269 Å². The quantitative estimate of drug-likeness (QED) is 0.0150. The molecule has 0 bridgehead atoms. The number of Topliss-reactive ketones (excluding diaryl/α,β-unsaturated/α-hetero) is 2. The van der Waals surface area contributed by atoms with Crippen LogP contribution in [0.15, 0.2) is 194 Å². The van der Waals surface area contributed by atoms with Crippen molar-refractivity contribution in [2.75, 3.05) is 29.6 Å². The van der Waals surface area contributed by atoms with Crippen LogP contribution in [0.2, 0.25) is 20.1 Å². The van der Waals surface area contributed by atoms with E-state index < -0.39 is 95.6 Å². The van der Waals surface area contributed by atoms with Gasteiger partial charge in [-0.2, -0.15) is 5.26 Å². The van der Waals surface area contributed by atoms with Gasteiger partial charge in [0.1, 0.15) is 57.9 Å². The van der Waals surface area contributed by atoms with E-state index in [1.807, 2.05) is 139 Å². The summed E-state index contributed by atoms with van der Waals surface area (Å²) < 4.78 is 26.8. The Labute approximate surface area is 840 Å². The summed E-state index contributed by atoms with van der Waals surface area (Å²) >= 11 is 27.3. The van der Waals surface area contributed by atoms with Gasteiger partial charge in [-0.25, -0.2) is 14.4 Å². The number of aliphatic carboxylic acids is 1. The molecule has 26 nitrogen and oxygen atoms in total. The number of nitriles is 1. The minimum Gasteiger partial charge on any atom is -0.480 e. The van der Waals surface area contributed by atoms with Crippen molar-refractivity contribution in [2.24, 2.45) is 5.73 Å². The molecule has 0 fully saturated rings. The second-order valence-corrected chi connectivity index (χ2v) is 40.6. The lowest BCUT2D eigenvalue weighted by atomic mass is 9.98. The van der Waals surface area contributed by atoms with Gasteiger partial charge < -0.3 is 66.3 Å². The molecule has 2 aliphatic carbocycles. The Bertz CT molecular complexity index is 6290. The van der Waals surface area contributed by atoms with Crippen LogP contribution in [0.4, 0.5) is 24.6 Å². The summed E-state index contributed by atoms with van der Waals surface area (Å²) in [6, 6.07) is 56.0. The van der Waals surface area contributed by atoms with Crippen LogP contribution in [0.25, 0.3) is 22.3 Å². The second kappa shape index (κ2) is 50.5. The van der Waals surface area contributed by atoms with Gasteiger partial charge in [0.2, 0.25) is 11.8 Å². The summed E-state index contributed by atoms with van der Waals surface area (Å²) in [5.74, 6) is -5.33. The first kappa shape index (κ1) is 111. The Morgan fingerprint density at radius 3 is 1.02 bits per heavy atom. The number of hydrogen-bond donors (Lipinski definition) is 7. The van der Waals surface area contributed by atoms with Crippen molar-refractivity contribution in [1.29, 1.82) is 5.26 Å². The fraction of sp³-hybridized carbons (Fsp3) is 0.302. The van der Waals surface area contributed by atoms with Gasteiger partial charge in [-0.1, -0.05) is 150 Å². The number of carboxylic acids is 1. The van der Waals surface area contributed by atoms with E-state index in [0.29, 0.717) is 86.0 Å². The minimum absolute atomic E-state index is 0.0314. The first-order valence-corrected chi connectivity index (χ1v) is 47.9. The largest absolute Gasteiger partial charge is 0.480 e. The fourth-order valence-corrected chi connectivity index (χ4v) is 17.7. The van der Waals surface area contributed by atoms with Gasteiger partial charge in [0.25, 0.3) is 0 Å². The Morgan fingerprint density at radius 2 is 0.712 bits per heavy atom. The number of nitrogens with two attached hydrogens (primary N) is 2. The van der Waals surface area contributed by atoms with Crippen LogP contribution in [0.5, 0.6) is 0 Å². The van der Waals surface area contributed by atoms with Crippen LogP contribution in [0.3, 0.4) is 0 Å². The van der Waals surface area contributed by atoms with Crippen molar-refractivity contribution in [3.8, 4) is 28.3 Å². The summed E-state index contributed by atoms with van der Waals surface area (Å²) in [4.78, 5) is 162. The fourth-order valence-electron chi connectivity index (χ4n) is 14.1. The van der Waals surface area contributed by atoms with E-state index in [4.69, 9.17) is 86.8 Å². The summed E-state index contributed by atoms with van der Waals surface area (Å²) in [7, 11) is 0. The van der Waals surface area contributed by atoms with Gasteiger partial charge >= 0.3 is 36.1 Å². The summed E-state index contributed by atoms with van der Waals surface area (Å²) in [5, 5.41) is 31.4. The predicted molar refractivity (Wildman–Crippen MR) is 546 cm³/mol. The molecular weight excluding hydrogens is 1910 g/mol. The molecular formula is C106H111Cl4N7O19S3. The van der Waals surface area contributed by atoms with Gasteiger partial charge in [0, 0.05) is 75.2 Å². The maximum atomic E-state index is 13.7. The van der Waals surface area contributed by atoms with Crippen molar-refractivity contribution in [1.82, 2.24) is 10.6 Å². The Kier molecular flexibility index (Phi) is 40.5. The second-order valence-electron chi connectivity index (χ2n) is 35.2. The standard InChI is InChI=1S/C36H35ClN2O6S.C23H25NO6.C21H25ClN2O4S.C13H12ClNOS.C9H6ClNO.C4H8O/c1-20-21(2)46-34(31(20)32(41)22-14-16-23(37)17-15-22)39-33(42)29(18-30(40)45-36(3,4)5)38-35(43)44-19-28-26-12-8-6-10-24(26)25-11-7-9-13-27(25)28;1-23(2,3)30-20(25)12-19(21(26)27)24-22(28)29-13-18-16-10-6-4-8-14(16)15-9-5-7-11-17(15)18;1-11-12(2)29-20(17(11)18(26)13-6-8-14(22)9-7-13)24-19(27)15(23)10-16(25)28-21(3,4)5;1-7-8(2)17-13(15)11(7)12(16)9-3-5-10(14)6-4-9;10-8-3-1-7(2-4-8)9(12)5-6-11;1-3-4(2)5/h6-17,28-29H,18-19H2,1-5H3,(H,38,43)(H,39,42);4-11,18-19H,12-13H2,1-3H3,(H,24,28)(H,26,27);6-9,15H,10,23H2,1-5H3,(H,24,27);3-6H,15H2,1-2H3;1-4H,5H2;3H2,1-2H3/t29-;19-;15-;;;/m000.../s1. The number of carboxylic acid groups (broad SMARTS) is 1. The van der Waals surface area contributed by atoms with E-state index in [1.54, 1.807) is 179 Å². The highest BCUT2D eigenvalue weighted by Crippen LogP contribution is 2.47. The number of aryl methyl sites for hydroxylation is 3. The maximum absolute atomic E-state index is 13.7. The lowest BCUT2D eigenvalue weighted by molar-refractivity contribution is -0.158. The first-order valence-electron chi connectivity index (χ1n) is 44.0. The highest BCUT2D eigenvalue weighted by Gasteiger charge is 2.36. The molecule has 4 amide bonds. The zero-order chi connectivity index (χ0) is 103. The van der Waals surface area contributed by atoms with Crippen LogP contribution in [-0.2, 0) is 57.2 Å². The van der Waals surface area contributed by atoms with E-state index in [0.717, 1.165) is 70.3 Å². The molecule has 0 unspecified atom stereocenters. The molecule has 0 saturated heterocycles. The zero-order valence-corrected chi connectivity index (χ0v) is 85.4. The van der Waals surface area contributed by atoms with Gasteiger partial charge in [-0.15, -0.1) is 34.0 Å². The number of amides is 4. The number of ether oxygens (including phenoxy) is 5. The van der Waals surface area contributed by atoms with E-state index in [-0.39, 0.29) is 66.8 Å². The molecule has 11 aromatic rings. The smallest absolute Gasteiger partial charge is 0.407 e. The third-order valence-electron chi connectivity index (χ3n) is 21.2. The third kappa shape index (κ3) is 32.5. The molecule has 0 spiro atoms. The summed E-state index contributed by atoms with van der Waals surface area (Å²) in [5.41, 5.74) is 23.9. The minimum atomic E-state index is -1.43. The van der Waals surface area contributed by atoms with Crippen molar-refractivity contribution in [2.45, 2.75) is 197 Å². The molecule has 0 radical (unpaired) electrons. The predicted octanol–water partition coefficient (Wildman–Crippen LogP) is 23.0. The summed E-state index contributed by atoms with van der Waals surface area (Å²) in [6.45, 7) is 30.1. The number of hydrogen-bond acceptors (Lipinski definition) is 24. The molecule has 0 saturated carbocycles. The Balaban J connectivity index is 0.000000223. The molecule has 9 N–H and O–H groups in total. The van der Waals surface area contributed by atoms with E-state index in [9.17, 15) is 67.4 Å². The van der Waals surface area contributed by atoms with Crippen molar-refractivity contribution >= 4 is 172 Å². The Morgan fingerprint density at radius 1 is 0.424 bits per heavy atom. The van der Waals surface area contributed by atoms with Crippen molar-refractivity contribution in [3.63, 3.8) is 0 Å². The molecule has 0 aliphatic heterocycles. The highest BCUT2D eigenvalue weighted by molar-refractivity contribution is 7.17. The molecule has 13 rings (SSSR count). The number of alkyl carbamates (subject to hydrolysis) is 2. The van der Waals surface area contributed by atoms with Crippen LogP contribution in [0.1, 0.15) is 232 Å². The number of benzene rings is 8. The lowest BCUT2D eigenvalue weighted by Crippen LogP contribution is -2.46. The number of esters is 3. The van der Waals surface area contributed by atoms with Gasteiger partial charge in [-0.3, -0.25) is 43.2 Å². The summed E-state index contributed by atoms with van der Waals surface area (Å²) in [6.07, 6.45) is -2.36. The van der Waals surface area contributed by atoms with Crippen molar-refractivity contribution in [3.05, 3.63) is 307 Å². The maximum Gasteiger partial charge on any atom is 0.407 e. The monoisotopic (exact) mass is 2020 g/mol. The van der Waals surface area contributed by atoms with Crippen molar-refractivity contribution < 1.29 is 91.1 Å². The van der Waals surface area contributed by atoms with Gasteiger partial charge in [0.15, 0.2) is 23.1 Å². The van der Waals surface area contributed by atoms with Crippen LogP contribution < -0.4 is 32.7 Å². The molecule has 8 aromatic carbocycles. The number of nitrogens with zero attached hydrogens (tertiary/aromatic N) is 1. The number of thiophene rings is 3. The number of ketones is 5. The highest BCUT2D eigenvalue weighted by atomic mass is 35.5. The van der Waals surface area contributed by atoms with E-state index in [2.05, 4.69) is 21.3 Å². The molecule has 730 valence electrons. The number of anilines is 3. The average Bonchev–Trinajstić information content (AvgIpc) is 1.61. The van der Waals surface area contributed by atoms with E-state index >= 15 is 0 Å². The average molecular weight is 2030 g/mol. The van der Waals surface area contributed by atoms with Crippen LogP contribution >= 0.6 is 80.4 Å². The number of fused-ring (bicyclic) bond motifs is 6. The normalized spacial score (nSPS) is 12.2. The topological polar surface area (TPSA) is 412 Å².